The summed E-state index contributed by atoms with van der Waals surface area (Å²) in [5.41, 5.74) is 1.24. The molecule has 0 aliphatic carbocycles. The molecule has 72 valence electrons. The molecule has 0 bridgehead atoms. The molecule has 0 saturated carbocycles. The van der Waals surface area contributed by atoms with Crippen LogP contribution in [0.2, 0.25) is 0 Å². The molecule has 0 aromatic heterocycles. The molecule has 13 heavy (non-hydrogen) atoms. The first-order valence-corrected chi connectivity index (χ1v) is 5.69. The summed E-state index contributed by atoms with van der Waals surface area (Å²) < 4.78 is 5.49. The van der Waals surface area contributed by atoms with Crippen LogP contribution in [0, 0.1) is 0 Å². The van der Waals surface area contributed by atoms with Gasteiger partial charge in [0.25, 0.3) is 0 Å². The van der Waals surface area contributed by atoms with E-state index in [2.05, 4.69) is 44.4 Å². The average Bonchev–Trinajstić information content (AvgIpc) is 2.15. The van der Waals surface area contributed by atoms with Crippen LogP contribution in [-0.4, -0.2) is 12.4 Å². The molecule has 2 heteroatoms. The van der Waals surface area contributed by atoms with Gasteiger partial charge in [0.05, 0.1) is 12.7 Å². The fourth-order valence-electron chi connectivity index (χ4n) is 0.985. The fraction of sp³-hybridized carbons (Fsp3) is 0.455. The number of ether oxygens (including phenoxy) is 1. The second-order valence-electron chi connectivity index (χ2n) is 3.21. The maximum Gasteiger partial charge on any atom is 0.0720 e. The average molecular weight is 196 g/mol. The van der Waals surface area contributed by atoms with E-state index in [1.54, 1.807) is 11.8 Å². The molecule has 0 N–H and O–H groups in total. The Hall–Kier alpha value is -0.470. The van der Waals surface area contributed by atoms with Gasteiger partial charge < -0.3 is 4.74 Å². The highest BCUT2D eigenvalue weighted by atomic mass is 32.2. The minimum absolute atomic E-state index is 0.306. The second-order valence-corrected chi connectivity index (χ2v) is 4.09. The van der Waals surface area contributed by atoms with E-state index in [0.717, 1.165) is 0 Å². The van der Waals surface area contributed by atoms with E-state index in [0.29, 0.717) is 12.7 Å². The van der Waals surface area contributed by atoms with Gasteiger partial charge in [-0.15, -0.1) is 11.8 Å². The van der Waals surface area contributed by atoms with Crippen molar-refractivity contribution in [2.24, 2.45) is 0 Å². The van der Waals surface area contributed by atoms with Gasteiger partial charge in [-0.25, -0.2) is 0 Å². The van der Waals surface area contributed by atoms with E-state index in [1.807, 2.05) is 0 Å². The summed E-state index contributed by atoms with van der Waals surface area (Å²) in [5, 5.41) is 0. The summed E-state index contributed by atoms with van der Waals surface area (Å²) in [6.45, 7) is 4.82. The van der Waals surface area contributed by atoms with Crippen molar-refractivity contribution >= 4 is 11.8 Å². The quantitative estimate of drug-likeness (QED) is 0.683. The number of hydrogen-bond donors (Lipinski definition) is 0. The van der Waals surface area contributed by atoms with Crippen LogP contribution >= 0.6 is 11.8 Å². The summed E-state index contributed by atoms with van der Waals surface area (Å²) in [6.07, 6.45) is 2.39. The molecule has 0 radical (unpaired) electrons. The van der Waals surface area contributed by atoms with E-state index < -0.39 is 0 Å². The Labute approximate surface area is 84.5 Å². The predicted octanol–water partition coefficient (Wildman–Crippen LogP) is 3.33. The normalized spacial score (nSPS) is 10.8. The Morgan fingerprint density at radius 2 is 1.85 bits per heavy atom. The van der Waals surface area contributed by atoms with Crippen molar-refractivity contribution in [3.63, 3.8) is 0 Å². The zero-order valence-electron chi connectivity index (χ0n) is 8.41. The number of hydrogen-bond acceptors (Lipinski definition) is 2. The molecule has 0 saturated heterocycles. The van der Waals surface area contributed by atoms with Gasteiger partial charge >= 0.3 is 0 Å². The Morgan fingerprint density at radius 3 is 2.31 bits per heavy atom. The van der Waals surface area contributed by atoms with E-state index in [4.69, 9.17) is 4.74 Å². The van der Waals surface area contributed by atoms with Gasteiger partial charge in [-0.05, 0) is 37.8 Å². The lowest BCUT2D eigenvalue weighted by molar-refractivity contribution is 0.0657. The van der Waals surface area contributed by atoms with Gasteiger partial charge in [0, 0.05) is 4.90 Å². The van der Waals surface area contributed by atoms with Crippen molar-refractivity contribution in [2.45, 2.75) is 31.5 Å². The predicted molar refractivity (Wildman–Crippen MR) is 58.1 cm³/mol. The Balaban J connectivity index is 2.49. The third kappa shape index (κ3) is 3.83. The highest BCUT2D eigenvalue weighted by Gasteiger charge is 1.96. The Kier molecular flexibility index (Phi) is 4.33. The SMILES string of the molecule is CSc1ccc(COC(C)C)cc1. The Morgan fingerprint density at radius 1 is 1.23 bits per heavy atom. The summed E-state index contributed by atoms with van der Waals surface area (Å²) >= 11 is 1.76. The number of rotatable bonds is 4. The molecule has 0 aliphatic heterocycles. The molecule has 1 nitrogen and oxygen atoms in total. The van der Waals surface area contributed by atoms with Crippen molar-refractivity contribution in [3.05, 3.63) is 29.8 Å². The maximum atomic E-state index is 5.49. The minimum Gasteiger partial charge on any atom is -0.374 e. The highest BCUT2D eigenvalue weighted by Crippen LogP contribution is 2.15. The molecule has 0 aliphatic rings. The zero-order chi connectivity index (χ0) is 9.68. The molecule has 0 spiro atoms. The molecule has 0 amide bonds. The number of benzene rings is 1. The maximum absolute atomic E-state index is 5.49. The van der Waals surface area contributed by atoms with Gasteiger partial charge in [0.15, 0.2) is 0 Å². The minimum atomic E-state index is 0.306. The first-order chi connectivity index (χ1) is 6.22. The Bertz CT molecular complexity index is 241. The highest BCUT2D eigenvalue weighted by molar-refractivity contribution is 7.98. The largest absolute Gasteiger partial charge is 0.374 e. The van der Waals surface area contributed by atoms with Crippen molar-refractivity contribution in [1.29, 1.82) is 0 Å². The zero-order valence-corrected chi connectivity index (χ0v) is 9.23. The van der Waals surface area contributed by atoms with Gasteiger partial charge in [-0.3, -0.25) is 0 Å². The molecular formula is C11H16OS. The van der Waals surface area contributed by atoms with Gasteiger partial charge in [-0.1, -0.05) is 12.1 Å². The molecule has 0 heterocycles. The third-order valence-electron chi connectivity index (χ3n) is 1.74. The molecule has 1 rings (SSSR count). The molecule has 1 aromatic carbocycles. The van der Waals surface area contributed by atoms with Crippen LogP contribution in [0.1, 0.15) is 19.4 Å². The molecule has 0 atom stereocenters. The van der Waals surface area contributed by atoms with Gasteiger partial charge in [0.1, 0.15) is 0 Å². The van der Waals surface area contributed by atoms with Crippen molar-refractivity contribution < 1.29 is 4.74 Å². The fourth-order valence-corrected chi connectivity index (χ4v) is 1.39. The van der Waals surface area contributed by atoms with E-state index in [1.165, 1.54) is 10.5 Å². The standard InChI is InChI=1S/C11H16OS/c1-9(2)12-8-10-4-6-11(13-3)7-5-10/h4-7,9H,8H2,1-3H3. The second kappa shape index (κ2) is 5.30. The lowest BCUT2D eigenvalue weighted by Crippen LogP contribution is -2.01. The third-order valence-corrected chi connectivity index (χ3v) is 2.49. The molecular weight excluding hydrogens is 180 g/mol. The lowest BCUT2D eigenvalue weighted by Gasteiger charge is -2.07. The van der Waals surface area contributed by atoms with Gasteiger partial charge in [-0.2, -0.15) is 0 Å². The first kappa shape index (κ1) is 10.6. The van der Waals surface area contributed by atoms with Gasteiger partial charge in [0.2, 0.25) is 0 Å². The van der Waals surface area contributed by atoms with Crippen LogP contribution in [0.25, 0.3) is 0 Å². The van der Waals surface area contributed by atoms with Crippen LogP contribution in [-0.2, 0) is 11.3 Å². The van der Waals surface area contributed by atoms with Crippen molar-refractivity contribution in [1.82, 2.24) is 0 Å². The molecule has 1 aromatic rings. The number of thioether (sulfide) groups is 1. The van der Waals surface area contributed by atoms with Crippen molar-refractivity contribution in [3.8, 4) is 0 Å². The summed E-state index contributed by atoms with van der Waals surface area (Å²) in [5.74, 6) is 0. The van der Waals surface area contributed by atoms with Crippen LogP contribution in [0.15, 0.2) is 29.2 Å². The van der Waals surface area contributed by atoms with Crippen molar-refractivity contribution in [2.75, 3.05) is 6.26 Å². The van der Waals surface area contributed by atoms with Crippen LogP contribution < -0.4 is 0 Å². The summed E-state index contributed by atoms with van der Waals surface area (Å²) in [6, 6.07) is 8.50. The topological polar surface area (TPSA) is 9.23 Å². The monoisotopic (exact) mass is 196 g/mol. The molecule has 0 fully saturated rings. The smallest absolute Gasteiger partial charge is 0.0720 e. The van der Waals surface area contributed by atoms with Crippen LogP contribution in [0.4, 0.5) is 0 Å². The molecule has 0 unspecified atom stereocenters. The lowest BCUT2D eigenvalue weighted by atomic mass is 10.2. The van der Waals surface area contributed by atoms with E-state index in [9.17, 15) is 0 Å². The van der Waals surface area contributed by atoms with Crippen LogP contribution in [0.5, 0.6) is 0 Å². The van der Waals surface area contributed by atoms with E-state index >= 15 is 0 Å². The van der Waals surface area contributed by atoms with E-state index in [-0.39, 0.29) is 0 Å². The summed E-state index contributed by atoms with van der Waals surface area (Å²) in [7, 11) is 0. The van der Waals surface area contributed by atoms with Crippen LogP contribution in [0.3, 0.4) is 0 Å². The first-order valence-electron chi connectivity index (χ1n) is 4.47. The summed E-state index contributed by atoms with van der Waals surface area (Å²) in [4.78, 5) is 1.30.